The molecule has 1 saturated heterocycles. The lowest BCUT2D eigenvalue weighted by Gasteiger charge is -2.25. The Labute approximate surface area is 119 Å². The largest absolute Gasteiger partial charge is 0.388 e. The highest BCUT2D eigenvalue weighted by Gasteiger charge is 2.23. The first-order valence-corrected chi connectivity index (χ1v) is 7.02. The summed E-state index contributed by atoms with van der Waals surface area (Å²) in [6.07, 6.45) is -0.521. The molecule has 3 unspecified atom stereocenters. The Bertz CT molecular complexity index is 418. The molecule has 1 amide bonds. The number of hydrogen-bond acceptors (Lipinski definition) is 4. The highest BCUT2D eigenvalue weighted by atomic mass is 16.5. The van der Waals surface area contributed by atoms with Crippen LogP contribution in [-0.4, -0.2) is 42.9 Å². The smallest absolute Gasteiger partial charge is 0.250 e. The fourth-order valence-corrected chi connectivity index (χ4v) is 2.27. The SMILES string of the molecule is CC(CC(O)c1ccccc1)NC(=O)C1CNCCO1. The average molecular weight is 278 g/mol. The van der Waals surface area contributed by atoms with Crippen molar-refractivity contribution in [1.29, 1.82) is 0 Å². The van der Waals surface area contributed by atoms with Gasteiger partial charge in [0.05, 0.1) is 12.7 Å². The van der Waals surface area contributed by atoms with Crippen LogP contribution in [0.5, 0.6) is 0 Å². The Morgan fingerprint density at radius 2 is 2.25 bits per heavy atom. The van der Waals surface area contributed by atoms with Gasteiger partial charge in [-0.25, -0.2) is 0 Å². The van der Waals surface area contributed by atoms with Crippen molar-refractivity contribution in [3.63, 3.8) is 0 Å². The number of hydrogen-bond donors (Lipinski definition) is 3. The molecule has 5 heteroatoms. The van der Waals surface area contributed by atoms with Crippen molar-refractivity contribution in [2.45, 2.75) is 31.6 Å². The van der Waals surface area contributed by atoms with Gasteiger partial charge in [-0.1, -0.05) is 30.3 Å². The first-order valence-electron chi connectivity index (χ1n) is 7.02. The van der Waals surface area contributed by atoms with Gasteiger partial charge in [0.1, 0.15) is 6.10 Å². The first kappa shape index (κ1) is 15.0. The van der Waals surface area contributed by atoms with Gasteiger partial charge in [0.15, 0.2) is 0 Å². The molecule has 110 valence electrons. The van der Waals surface area contributed by atoms with E-state index in [4.69, 9.17) is 4.74 Å². The number of carbonyl (C=O) groups is 1. The number of aliphatic hydroxyl groups excluding tert-OH is 1. The summed E-state index contributed by atoms with van der Waals surface area (Å²) in [4.78, 5) is 12.0. The third-order valence-electron chi connectivity index (χ3n) is 3.37. The molecule has 20 heavy (non-hydrogen) atoms. The second-order valence-corrected chi connectivity index (χ2v) is 5.14. The van der Waals surface area contributed by atoms with E-state index in [0.717, 1.165) is 12.1 Å². The van der Waals surface area contributed by atoms with Crippen molar-refractivity contribution in [3.05, 3.63) is 35.9 Å². The lowest BCUT2D eigenvalue weighted by molar-refractivity contribution is -0.135. The molecule has 0 aromatic heterocycles. The summed E-state index contributed by atoms with van der Waals surface area (Å²) in [7, 11) is 0. The van der Waals surface area contributed by atoms with Crippen LogP contribution in [0.25, 0.3) is 0 Å². The normalized spacial score (nSPS) is 22.0. The first-order chi connectivity index (χ1) is 9.66. The number of morpholine rings is 1. The standard InChI is InChI=1S/C15H22N2O3/c1-11(9-13(18)12-5-3-2-4-6-12)17-15(19)14-10-16-7-8-20-14/h2-6,11,13-14,16,18H,7-10H2,1H3,(H,17,19). The third kappa shape index (κ3) is 4.30. The van der Waals surface area contributed by atoms with E-state index in [0.29, 0.717) is 19.6 Å². The molecule has 0 saturated carbocycles. The van der Waals surface area contributed by atoms with Crippen molar-refractivity contribution in [2.24, 2.45) is 0 Å². The van der Waals surface area contributed by atoms with Gasteiger partial charge in [-0.15, -0.1) is 0 Å². The van der Waals surface area contributed by atoms with Gasteiger partial charge in [-0.05, 0) is 18.9 Å². The van der Waals surface area contributed by atoms with Gasteiger partial charge in [-0.3, -0.25) is 4.79 Å². The molecule has 0 spiro atoms. The number of benzene rings is 1. The zero-order valence-electron chi connectivity index (χ0n) is 11.7. The van der Waals surface area contributed by atoms with Gasteiger partial charge in [0.2, 0.25) is 0 Å². The summed E-state index contributed by atoms with van der Waals surface area (Å²) in [5, 5.41) is 16.1. The van der Waals surface area contributed by atoms with Crippen molar-refractivity contribution in [3.8, 4) is 0 Å². The van der Waals surface area contributed by atoms with Crippen LogP contribution >= 0.6 is 0 Å². The Morgan fingerprint density at radius 3 is 2.90 bits per heavy atom. The maximum atomic E-state index is 12.0. The predicted octanol–water partition coefficient (Wildman–Crippen LogP) is 0.603. The van der Waals surface area contributed by atoms with Gasteiger partial charge in [0, 0.05) is 19.1 Å². The minimum Gasteiger partial charge on any atom is -0.388 e. The van der Waals surface area contributed by atoms with Gasteiger partial charge >= 0.3 is 0 Å². The zero-order chi connectivity index (χ0) is 14.4. The lowest BCUT2D eigenvalue weighted by atomic mass is 10.0. The number of rotatable bonds is 5. The number of carbonyl (C=O) groups excluding carboxylic acids is 1. The van der Waals surface area contributed by atoms with E-state index in [-0.39, 0.29) is 11.9 Å². The van der Waals surface area contributed by atoms with Crippen LogP contribution in [0.2, 0.25) is 0 Å². The van der Waals surface area contributed by atoms with Gasteiger partial charge < -0.3 is 20.5 Å². The summed E-state index contributed by atoms with van der Waals surface area (Å²) in [6.45, 7) is 3.77. The number of ether oxygens (including phenoxy) is 1. The van der Waals surface area contributed by atoms with E-state index in [1.807, 2.05) is 37.3 Å². The van der Waals surface area contributed by atoms with Crippen molar-refractivity contribution in [2.75, 3.05) is 19.7 Å². The average Bonchev–Trinajstić information content (AvgIpc) is 2.49. The lowest BCUT2D eigenvalue weighted by Crippen LogP contribution is -2.49. The highest BCUT2D eigenvalue weighted by molar-refractivity contribution is 5.81. The zero-order valence-corrected chi connectivity index (χ0v) is 11.7. The second-order valence-electron chi connectivity index (χ2n) is 5.14. The Kier molecular flexibility index (Phi) is 5.52. The highest BCUT2D eigenvalue weighted by Crippen LogP contribution is 2.17. The van der Waals surface area contributed by atoms with Crippen LogP contribution < -0.4 is 10.6 Å². The molecular weight excluding hydrogens is 256 g/mol. The Hall–Kier alpha value is -1.43. The number of nitrogens with one attached hydrogen (secondary N) is 2. The molecule has 1 aliphatic heterocycles. The Balaban J connectivity index is 1.79. The molecule has 5 nitrogen and oxygen atoms in total. The predicted molar refractivity (Wildman–Crippen MR) is 76.2 cm³/mol. The molecule has 1 heterocycles. The molecule has 0 bridgehead atoms. The summed E-state index contributed by atoms with van der Waals surface area (Å²) in [5.74, 6) is -0.120. The van der Waals surface area contributed by atoms with Crippen LogP contribution in [0.4, 0.5) is 0 Å². The maximum Gasteiger partial charge on any atom is 0.250 e. The molecule has 3 atom stereocenters. The summed E-state index contributed by atoms with van der Waals surface area (Å²) in [5.41, 5.74) is 0.865. The summed E-state index contributed by atoms with van der Waals surface area (Å²) in [6, 6.07) is 9.35. The topological polar surface area (TPSA) is 70.6 Å². The van der Waals surface area contributed by atoms with Crippen LogP contribution in [0.15, 0.2) is 30.3 Å². The minimum absolute atomic E-state index is 0.108. The number of aliphatic hydroxyl groups is 1. The molecule has 0 radical (unpaired) electrons. The quantitative estimate of drug-likeness (QED) is 0.738. The fourth-order valence-electron chi connectivity index (χ4n) is 2.27. The van der Waals surface area contributed by atoms with Crippen molar-refractivity contribution < 1.29 is 14.6 Å². The third-order valence-corrected chi connectivity index (χ3v) is 3.37. The van der Waals surface area contributed by atoms with Crippen molar-refractivity contribution in [1.82, 2.24) is 10.6 Å². The Morgan fingerprint density at radius 1 is 1.50 bits per heavy atom. The second kappa shape index (κ2) is 7.38. The van der Waals surface area contributed by atoms with Gasteiger partial charge in [0.25, 0.3) is 5.91 Å². The van der Waals surface area contributed by atoms with E-state index in [9.17, 15) is 9.90 Å². The molecule has 0 aliphatic carbocycles. The molecule has 1 aromatic carbocycles. The monoisotopic (exact) mass is 278 g/mol. The van der Waals surface area contributed by atoms with Gasteiger partial charge in [-0.2, -0.15) is 0 Å². The number of amides is 1. The van der Waals surface area contributed by atoms with E-state index < -0.39 is 12.2 Å². The van der Waals surface area contributed by atoms with Crippen LogP contribution in [-0.2, 0) is 9.53 Å². The van der Waals surface area contributed by atoms with Crippen LogP contribution in [0, 0.1) is 0 Å². The molecule has 3 N–H and O–H groups in total. The minimum atomic E-state index is -0.572. The molecule has 1 fully saturated rings. The van der Waals surface area contributed by atoms with Crippen LogP contribution in [0.1, 0.15) is 25.0 Å². The fraction of sp³-hybridized carbons (Fsp3) is 0.533. The van der Waals surface area contributed by atoms with E-state index >= 15 is 0 Å². The molecule has 1 aromatic rings. The maximum absolute atomic E-state index is 12.0. The molecule has 2 rings (SSSR count). The van der Waals surface area contributed by atoms with E-state index in [2.05, 4.69) is 10.6 Å². The van der Waals surface area contributed by atoms with Crippen molar-refractivity contribution >= 4 is 5.91 Å². The van der Waals surface area contributed by atoms with E-state index in [1.165, 1.54) is 0 Å². The van der Waals surface area contributed by atoms with E-state index in [1.54, 1.807) is 0 Å². The summed E-state index contributed by atoms with van der Waals surface area (Å²) >= 11 is 0. The molecule has 1 aliphatic rings. The van der Waals surface area contributed by atoms with Crippen LogP contribution in [0.3, 0.4) is 0 Å². The molecular formula is C15H22N2O3. The summed E-state index contributed by atoms with van der Waals surface area (Å²) < 4.78 is 5.39.